The van der Waals surface area contributed by atoms with E-state index >= 15 is 0 Å². The second-order valence-electron chi connectivity index (χ2n) is 7.25. The summed E-state index contributed by atoms with van der Waals surface area (Å²) in [5, 5.41) is 2.45. The van der Waals surface area contributed by atoms with Crippen molar-refractivity contribution in [2.45, 2.75) is 39.7 Å². The Morgan fingerprint density at radius 1 is 1.03 bits per heavy atom. The molecular weight excluding hydrogens is 482 g/mol. The molecule has 0 fully saturated rings. The number of rotatable bonds is 7. The molecule has 0 aliphatic heterocycles. The first-order valence-electron chi connectivity index (χ1n) is 9.75. The number of para-hydroxylation sites is 1. The highest BCUT2D eigenvalue weighted by Gasteiger charge is 2.15. The van der Waals surface area contributed by atoms with Gasteiger partial charge < -0.3 is 9.47 Å². The van der Waals surface area contributed by atoms with E-state index in [9.17, 15) is 9.59 Å². The summed E-state index contributed by atoms with van der Waals surface area (Å²) in [7, 11) is 0. The fourth-order valence-corrected chi connectivity index (χ4v) is 3.17. The molecule has 0 saturated carbocycles. The van der Waals surface area contributed by atoms with Crippen LogP contribution in [0, 0.1) is 0 Å². The van der Waals surface area contributed by atoms with E-state index in [1.165, 1.54) is 0 Å². The zero-order valence-electron chi connectivity index (χ0n) is 17.8. The van der Waals surface area contributed by atoms with Gasteiger partial charge in [-0.3, -0.25) is 25.8 Å². The minimum Gasteiger partial charge on any atom is -0.490 e. The first kappa shape index (κ1) is 24.6. The van der Waals surface area contributed by atoms with E-state index in [-0.39, 0.29) is 17.8 Å². The highest BCUT2D eigenvalue weighted by atomic mass is 79.9. The molecule has 7 nitrogen and oxygen atoms in total. The van der Waals surface area contributed by atoms with Crippen molar-refractivity contribution in [3.8, 4) is 11.5 Å². The Labute approximate surface area is 196 Å². The second-order valence-corrected chi connectivity index (χ2v) is 8.52. The average molecular weight is 508 g/mol. The van der Waals surface area contributed by atoms with Crippen LogP contribution in [-0.4, -0.2) is 29.6 Å². The number of hydrazine groups is 1. The maximum atomic E-state index is 12.5. The second kappa shape index (κ2) is 11.7. The quantitative estimate of drug-likeness (QED) is 0.386. The molecule has 0 saturated heterocycles. The van der Waals surface area contributed by atoms with Crippen molar-refractivity contribution >= 4 is 45.1 Å². The van der Waals surface area contributed by atoms with Crippen LogP contribution in [0.1, 0.15) is 49.5 Å². The largest absolute Gasteiger partial charge is 0.490 e. The number of amides is 2. The minimum atomic E-state index is -0.458. The normalized spacial score (nSPS) is 10.5. The molecule has 2 amide bonds. The predicted octanol–water partition coefficient (Wildman–Crippen LogP) is 4.07. The number of thiocarbonyl (C=S) groups is 1. The van der Waals surface area contributed by atoms with Gasteiger partial charge in [-0.1, -0.05) is 32.0 Å². The number of benzene rings is 2. The molecule has 31 heavy (non-hydrogen) atoms. The zero-order chi connectivity index (χ0) is 23.0. The van der Waals surface area contributed by atoms with Crippen LogP contribution in [0.2, 0.25) is 0 Å². The molecule has 0 aromatic heterocycles. The van der Waals surface area contributed by atoms with Crippen molar-refractivity contribution in [2.75, 3.05) is 6.61 Å². The van der Waals surface area contributed by atoms with Gasteiger partial charge in [0.15, 0.2) is 11.7 Å². The van der Waals surface area contributed by atoms with Crippen LogP contribution >= 0.6 is 28.1 Å². The summed E-state index contributed by atoms with van der Waals surface area (Å²) in [6.07, 6.45) is -0.0834. The topological polar surface area (TPSA) is 88.7 Å². The predicted molar refractivity (Wildman–Crippen MR) is 127 cm³/mol. The lowest BCUT2D eigenvalue weighted by Gasteiger charge is -2.15. The van der Waals surface area contributed by atoms with Gasteiger partial charge in [-0.25, -0.2) is 0 Å². The van der Waals surface area contributed by atoms with E-state index in [0.717, 1.165) is 10.0 Å². The van der Waals surface area contributed by atoms with Crippen molar-refractivity contribution in [3.63, 3.8) is 0 Å². The van der Waals surface area contributed by atoms with Gasteiger partial charge in [-0.05, 0) is 77.7 Å². The Hall–Kier alpha value is -2.65. The first-order valence-corrected chi connectivity index (χ1v) is 11.0. The van der Waals surface area contributed by atoms with Gasteiger partial charge in [0.05, 0.1) is 16.1 Å². The van der Waals surface area contributed by atoms with Crippen molar-refractivity contribution in [2.24, 2.45) is 0 Å². The van der Waals surface area contributed by atoms with Crippen LogP contribution in [0.5, 0.6) is 11.5 Å². The highest BCUT2D eigenvalue weighted by Crippen LogP contribution is 2.28. The Morgan fingerprint density at radius 3 is 2.39 bits per heavy atom. The van der Waals surface area contributed by atoms with E-state index < -0.39 is 11.8 Å². The molecule has 166 valence electrons. The third-order valence-corrected chi connectivity index (χ3v) is 4.84. The van der Waals surface area contributed by atoms with Gasteiger partial charge in [-0.15, -0.1) is 0 Å². The van der Waals surface area contributed by atoms with Crippen LogP contribution in [0.15, 0.2) is 46.9 Å². The Balaban J connectivity index is 1.82. The van der Waals surface area contributed by atoms with E-state index in [2.05, 4.69) is 45.9 Å². The van der Waals surface area contributed by atoms with Crippen molar-refractivity contribution in [3.05, 3.63) is 58.1 Å². The molecule has 0 spiro atoms. The monoisotopic (exact) mass is 507 g/mol. The molecule has 9 heteroatoms. The fourth-order valence-electron chi connectivity index (χ4n) is 2.51. The molecule has 0 aliphatic rings. The lowest BCUT2D eigenvalue weighted by atomic mass is 10.0. The van der Waals surface area contributed by atoms with Crippen LogP contribution in [0.25, 0.3) is 0 Å². The van der Waals surface area contributed by atoms with Crippen LogP contribution in [0.4, 0.5) is 0 Å². The van der Waals surface area contributed by atoms with Gasteiger partial charge in [0.1, 0.15) is 11.5 Å². The average Bonchev–Trinajstić information content (AvgIpc) is 2.71. The summed E-state index contributed by atoms with van der Waals surface area (Å²) in [4.78, 5) is 24.5. The Kier molecular flexibility index (Phi) is 9.26. The smallest absolute Gasteiger partial charge is 0.276 e. The number of nitrogens with one attached hydrogen (secondary N) is 3. The fraction of sp³-hybridized carbons (Fsp3) is 0.318. The van der Waals surface area contributed by atoms with Crippen LogP contribution < -0.4 is 25.6 Å². The van der Waals surface area contributed by atoms with Crippen molar-refractivity contribution < 1.29 is 19.1 Å². The summed E-state index contributed by atoms with van der Waals surface area (Å²) < 4.78 is 11.9. The van der Waals surface area contributed by atoms with E-state index in [1.54, 1.807) is 24.3 Å². The lowest BCUT2D eigenvalue weighted by molar-refractivity contribution is -0.123. The molecule has 3 N–H and O–H groups in total. The Bertz CT molecular complexity index is 950. The molecule has 2 rings (SSSR count). The van der Waals surface area contributed by atoms with Gasteiger partial charge >= 0.3 is 0 Å². The third-order valence-electron chi connectivity index (χ3n) is 4.02. The van der Waals surface area contributed by atoms with Gasteiger partial charge in [0.25, 0.3) is 11.8 Å². The summed E-state index contributed by atoms with van der Waals surface area (Å²) in [5.74, 6) is 0.479. The van der Waals surface area contributed by atoms with Gasteiger partial charge in [-0.2, -0.15) is 0 Å². The SMILES string of the molecule is CC(C)Oc1ccccc1C(=O)NC(=S)NNC(=O)COc1ccc(C(C)C)cc1Br. The number of hydrogen-bond donors (Lipinski definition) is 3. The van der Waals surface area contributed by atoms with Crippen molar-refractivity contribution in [1.82, 2.24) is 16.2 Å². The number of carbonyl (C=O) groups excluding carboxylic acids is 2. The van der Waals surface area contributed by atoms with E-state index in [1.807, 2.05) is 32.0 Å². The standard InChI is InChI=1S/C22H26BrN3O4S/c1-13(2)15-9-10-19(17(23)11-15)29-12-20(27)25-26-22(31)24-21(28)16-7-5-6-8-18(16)30-14(3)4/h5-11,13-14H,12H2,1-4H3,(H,25,27)(H2,24,26,28,31). The molecular formula is C22H26BrN3O4S. The molecule has 2 aromatic rings. The molecule has 0 radical (unpaired) electrons. The number of hydrogen-bond acceptors (Lipinski definition) is 5. The summed E-state index contributed by atoms with van der Waals surface area (Å²) in [6, 6.07) is 12.6. The molecule has 0 aliphatic carbocycles. The number of halogens is 1. The van der Waals surface area contributed by atoms with Crippen LogP contribution in [-0.2, 0) is 4.79 Å². The summed E-state index contributed by atoms with van der Waals surface area (Å²) >= 11 is 8.52. The highest BCUT2D eigenvalue weighted by molar-refractivity contribution is 9.10. The molecule has 0 unspecified atom stereocenters. The Morgan fingerprint density at radius 2 is 1.74 bits per heavy atom. The third kappa shape index (κ3) is 7.84. The molecule has 0 heterocycles. The van der Waals surface area contributed by atoms with Crippen LogP contribution in [0.3, 0.4) is 0 Å². The van der Waals surface area contributed by atoms with E-state index in [4.69, 9.17) is 21.7 Å². The number of carbonyl (C=O) groups is 2. The minimum absolute atomic E-state index is 0.0554. The van der Waals surface area contributed by atoms with Crippen molar-refractivity contribution in [1.29, 1.82) is 0 Å². The summed E-state index contributed by atoms with van der Waals surface area (Å²) in [6.45, 7) is 7.71. The van der Waals surface area contributed by atoms with Gasteiger partial charge in [0.2, 0.25) is 0 Å². The zero-order valence-corrected chi connectivity index (χ0v) is 20.2. The van der Waals surface area contributed by atoms with Gasteiger partial charge in [0, 0.05) is 0 Å². The molecule has 0 atom stereocenters. The molecule has 0 bridgehead atoms. The number of ether oxygens (including phenoxy) is 2. The lowest BCUT2D eigenvalue weighted by Crippen LogP contribution is -2.49. The maximum Gasteiger partial charge on any atom is 0.276 e. The first-order chi connectivity index (χ1) is 14.7. The van der Waals surface area contributed by atoms with E-state index in [0.29, 0.717) is 23.0 Å². The summed E-state index contributed by atoms with van der Waals surface area (Å²) in [5.41, 5.74) is 6.37. The maximum absolute atomic E-state index is 12.5. The molecule has 2 aromatic carbocycles.